The van der Waals surface area contributed by atoms with Crippen LogP contribution in [0.2, 0.25) is 0 Å². The molecule has 3 aromatic heterocycles. The van der Waals surface area contributed by atoms with Crippen molar-refractivity contribution in [2.75, 3.05) is 5.32 Å². The summed E-state index contributed by atoms with van der Waals surface area (Å²) in [5.41, 5.74) is 3.47. The molecule has 22 heavy (non-hydrogen) atoms. The quantitative estimate of drug-likeness (QED) is 0.617. The Morgan fingerprint density at radius 1 is 1.05 bits per heavy atom. The van der Waals surface area contributed by atoms with Gasteiger partial charge in [-0.2, -0.15) is 0 Å². The number of hydrogen-bond donors (Lipinski definition) is 1. The molecule has 0 radical (unpaired) electrons. The average molecular weight is 306 g/mol. The first kappa shape index (κ1) is 13.2. The Morgan fingerprint density at radius 2 is 1.91 bits per heavy atom. The minimum Gasteiger partial charge on any atom is -0.365 e. The van der Waals surface area contributed by atoms with Gasteiger partial charge < -0.3 is 5.32 Å². The fourth-order valence-corrected chi connectivity index (χ4v) is 3.49. The van der Waals surface area contributed by atoms with Gasteiger partial charge in [-0.25, -0.2) is 15.0 Å². The summed E-state index contributed by atoms with van der Waals surface area (Å²) in [7, 11) is 0. The van der Waals surface area contributed by atoms with Crippen LogP contribution in [0.15, 0.2) is 48.9 Å². The number of aromatic nitrogens is 3. The van der Waals surface area contributed by atoms with Crippen molar-refractivity contribution < 1.29 is 0 Å². The molecule has 108 valence electrons. The number of fused-ring (bicyclic) bond motifs is 3. The van der Waals surface area contributed by atoms with Gasteiger partial charge >= 0.3 is 0 Å². The lowest BCUT2D eigenvalue weighted by molar-refractivity contribution is 1.10. The van der Waals surface area contributed by atoms with E-state index >= 15 is 0 Å². The molecule has 0 saturated heterocycles. The van der Waals surface area contributed by atoms with Gasteiger partial charge in [0, 0.05) is 18.1 Å². The molecular formula is C17H14N4S. The van der Waals surface area contributed by atoms with Crippen molar-refractivity contribution in [3.8, 4) is 0 Å². The molecule has 4 rings (SSSR count). The van der Waals surface area contributed by atoms with Gasteiger partial charge in [0.15, 0.2) is 0 Å². The van der Waals surface area contributed by atoms with Crippen molar-refractivity contribution in [3.05, 3.63) is 60.0 Å². The normalized spacial score (nSPS) is 11.1. The largest absolute Gasteiger partial charge is 0.365 e. The topological polar surface area (TPSA) is 50.7 Å². The number of thiophene rings is 1. The summed E-state index contributed by atoms with van der Waals surface area (Å²) >= 11 is 1.63. The number of anilines is 1. The standard InChI is InChI=1S/C17H14N4S/c1-11-4-6-12(7-5-11)9-19-16-15-14(20-10-21-16)13-3-2-8-18-17(13)22-15/h2-8,10H,9H2,1H3,(H,19,20,21). The van der Waals surface area contributed by atoms with Crippen LogP contribution in [-0.2, 0) is 6.54 Å². The van der Waals surface area contributed by atoms with Crippen LogP contribution in [0, 0.1) is 6.92 Å². The van der Waals surface area contributed by atoms with Crippen LogP contribution in [0.5, 0.6) is 0 Å². The SMILES string of the molecule is Cc1ccc(CNc2ncnc3c2sc2ncccc23)cc1. The van der Waals surface area contributed by atoms with E-state index in [-0.39, 0.29) is 0 Å². The zero-order valence-electron chi connectivity index (χ0n) is 12.1. The van der Waals surface area contributed by atoms with Crippen LogP contribution in [0.1, 0.15) is 11.1 Å². The fourth-order valence-electron chi connectivity index (χ4n) is 2.43. The van der Waals surface area contributed by atoms with Crippen LogP contribution < -0.4 is 5.32 Å². The monoisotopic (exact) mass is 306 g/mol. The summed E-state index contributed by atoms with van der Waals surface area (Å²) in [4.78, 5) is 14.2. The van der Waals surface area contributed by atoms with Crippen LogP contribution >= 0.6 is 11.3 Å². The predicted octanol–water partition coefficient (Wildman–Crippen LogP) is 4.16. The first-order chi connectivity index (χ1) is 10.8. The van der Waals surface area contributed by atoms with Gasteiger partial charge in [-0.15, -0.1) is 11.3 Å². The van der Waals surface area contributed by atoms with Crippen molar-refractivity contribution in [2.24, 2.45) is 0 Å². The molecule has 1 N–H and O–H groups in total. The number of nitrogens with one attached hydrogen (secondary N) is 1. The van der Waals surface area contributed by atoms with Crippen LogP contribution in [0.25, 0.3) is 20.4 Å². The van der Waals surface area contributed by atoms with Gasteiger partial charge in [0.2, 0.25) is 0 Å². The molecule has 0 bridgehead atoms. The highest BCUT2D eigenvalue weighted by Crippen LogP contribution is 2.34. The molecule has 0 amide bonds. The zero-order chi connectivity index (χ0) is 14.9. The highest BCUT2D eigenvalue weighted by atomic mass is 32.1. The molecule has 0 spiro atoms. The van der Waals surface area contributed by atoms with Gasteiger partial charge in [0.1, 0.15) is 17.0 Å². The molecule has 0 aliphatic carbocycles. The van der Waals surface area contributed by atoms with Gasteiger partial charge in [0.25, 0.3) is 0 Å². The van der Waals surface area contributed by atoms with E-state index in [1.165, 1.54) is 11.1 Å². The maximum Gasteiger partial charge on any atom is 0.147 e. The molecule has 0 aliphatic heterocycles. The molecule has 0 unspecified atom stereocenters. The highest BCUT2D eigenvalue weighted by molar-refractivity contribution is 7.25. The van der Waals surface area contributed by atoms with E-state index in [4.69, 9.17) is 0 Å². The van der Waals surface area contributed by atoms with E-state index in [0.29, 0.717) is 0 Å². The van der Waals surface area contributed by atoms with Crippen molar-refractivity contribution in [1.82, 2.24) is 15.0 Å². The molecular weight excluding hydrogens is 292 g/mol. The van der Waals surface area contributed by atoms with Gasteiger partial charge in [-0.3, -0.25) is 0 Å². The summed E-state index contributed by atoms with van der Waals surface area (Å²) in [6.07, 6.45) is 3.42. The molecule has 4 nitrogen and oxygen atoms in total. The van der Waals surface area contributed by atoms with Crippen LogP contribution in [0.4, 0.5) is 5.82 Å². The number of nitrogens with zero attached hydrogens (tertiary/aromatic N) is 3. The van der Waals surface area contributed by atoms with Gasteiger partial charge in [-0.1, -0.05) is 29.8 Å². The minimum atomic E-state index is 0.744. The lowest BCUT2D eigenvalue weighted by Gasteiger charge is -2.06. The lowest BCUT2D eigenvalue weighted by Crippen LogP contribution is -2.01. The third kappa shape index (κ3) is 2.29. The molecule has 0 atom stereocenters. The number of hydrogen-bond acceptors (Lipinski definition) is 5. The maximum atomic E-state index is 4.42. The number of benzene rings is 1. The molecule has 0 fully saturated rings. The number of rotatable bonds is 3. The van der Waals surface area contributed by atoms with E-state index in [1.54, 1.807) is 17.7 Å². The minimum absolute atomic E-state index is 0.744. The highest BCUT2D eigenvalue weighted by Gasteiger charge is 2.11. The predicted molar refractivity (Wildman–Crippen MR) is 91.2 cm³/mol. The lowest BCUT2D eigenvalue weighted by atomic mass is 10.1. The molecule has 1 aromatic carbocycles. The van der Waals surface area contributed by atoms with E-state index in [9.17, 15) is 0 Å². The van der Waals surface area contributed by atoms with Crippen LogP contribution in [-0.4, -0.2) is 15.0 Å². The van der Waals surface area contributed by atoms with Crippen molar-refractivity contribution in [3.63, 3.8) is 0 Å². The smallest absolute Gasteiger partial charge is 0.147 e. The van der Waals surface area contributed by atoms with Crippen molar-refractivity contribution in [1.29, 1.82) is 0 Å². The Hall–Kier alpha value is -2.53. The molecule has 5 heteroatoms. The Kier molecular flexibility index (Phi) is 3.20. The van der Waals surface area contributed by atoms with E-state index in [0.717, 1.165) is 32.8 Å². The Labute approximate surface area is 131 Å². The number of pyridine rings is 1. The second kappa shape index (κ2) is 5.35. The third-order valence-electron chi connectivity index (χ3n) is 3.61. The van der Waals surface area contributed by atoms with Gasteiger partial charge in [0.05, 0.1) is 10.2 Å². The first-order valence-electron chi connectivity index (χ1n) is 7.09. The average Bonchev–Trinajstić information content (AvgIpc) is 2.94. The van der Waals surface area contributed by atoms with Gasteiger partial charge in [-0.05, 0) is 24.6 Å². The molecule has 4 aromatic rings. The number of aryl methyl sites for hydroxylation is 1. The Bertz CT molecular complexity index is 944. The molecule has 0 saturated carbocycles. The summed E-state index contributed by atoms with van der Waals surface area (Å²) in [5.74, 6) is 0.869. The zero-order valence-corrected chi connectivity index (χ0v) is 12.9. The maximum absolute atomic E-state index is 4.42. The van der Waals surface area contributed by atoms with Crippen molar-refractivity contribution >= 4 is 37.6 Å². The fraction of sp³-hybridized carbons (Fsp3) is 0.118. The Balaban J connectivity index is 1.70. The van der Waals surface area contributed by atoms with E-state index in [2.05, 4.69) is 57.5 Å². The second-order valence-electron chi connectivity index (χ2n) is 5.20. The summed E-state index contributed by atoms with van der Waals surface area (Å²) in [6.45, 7) is 2.84. The Morgan fingerprint density at radius 3 is 2.77 bits per heavy atom. The van der Waals surface area contributed by atoms with Crippen molar-refractivity contribution in [2.45, 2.75) is 13.5 Å². The molecule has 3 heterocycles. The third-order valence-corrected chi connectivity index (χ3v) is 4.72. The van der Waals surface area contributed by atoms with Crippen LogP contribution in [0.3, 0.4) is 0 Å². The van der Waals surface area contributed by atoms with E-state index < -0.39 is 0 Å². The molecule has 0 aliphatic rings. The second-order valence-corrected chi connectivity index (χ2v) is 6.20. The summed E-state index contributed by atoms with van der Waals surface area (Å²) in [5, 5.41) is 4.50. The first-order valence-corrected chi connectivity index (χ1v) is 7.90. The van der Waals surface area contributed by atoms with E-state index in [1.807, 2.05) is 12.3 Å². The summed E-state index contributed by atoms with van der Waals surface area (Å²) in [6, 6.07) is 12.5. The summed E-state index contributed by atoms with van der Waals surface area (Å²) < 4.78 is 1.06.